The van der Waals surface area contributed by atoms with Crippen LogP contribution in [-0.2, 0) is 7.05 Å². The highest BCUT2D eigenvalue weighted by molar-refractivity contribution is 8.00. The second-order valence-electron chi connectivity index (χ2n) is 4.87. The number of nitrogens with one attached hydrogen (secondary N) is 1. The van der Waals surface area contributed by atoms with Crippen LogP contribution in [0.2, 0.25) is 10.2 Å². The summed E-state index contributed by atoms with van der Waals surface area (Å²) < 4.78 is 4.79. The first-order valence-corrected chi connectivity index (χ1v) is 8.32. The fourth-order valence-electron chi connectivity index (χ4n) is 2.04. The number of anilines is 1. The van der Waals surface area contributed by atoms with Gasteiger partial charge in [-0.2, -0.15) is 10.1 Å². The number of hydrogen-bond donors (Lipinski definition) is 1. The zero-order chi connectivity index (χ0) is 16.4. The molecule has 0 radical (unpaired) electrons. The SMILES string of the molecule is Cc1ccccc1-c1nc(NSc2cnn(C)c2)nc(Cl)c1Cl. The van der Waals surface area contributed by atoms with Crippen molar-refractivity contribution >= 4 is 41.1 Å². The van der Waals surface area contributed by atoms with Gasteiger partial charge in [-0.15, -0.1) is 0 Å². The van der Waals surface area contributed by atoms with Crippen LogP contribution in [0.3, 0.4) is 0 Å². The summed E-state index contributed by atoms with van der Waals surface area (Å²) >= 11 is 13.8. The van der Waals surface area contributed by atoms with Crippen LogP contribution in [0.4, 0.5) is 5.95 Å². The Morgan fingerprint density at radius 1 is 1.17 bits per heavy atom. The molecule has 5 nitrogen and oxygen atoms in total. The Labute approximate surface area is 148 Å². The summed E-state index contributed by atoms with van der Waals surface area (Å²) in [6.07, 6.45) is 3.63. The molecular formula is C15H13Cl2N5S. The van der Waals surface area contributed by atoms with Crippen molar-refractivity contribution < 1.29 is 0 Å². The second-order valence-corrected chi connectivity index (χ2v) is 6.48. The van der Waals surface area contributed by atoms with Crippen LogP contribution in [0, 0.1) is 6.92 Å². The zero-order valence-electron chi connectivity index (χ0n) is 12.4. The van der Waals surface area contributed by atoms with Gasteiger partial charge in [0.1, 0.15) is 5.02 Å². The van der Waals surface area contributed by atoms with Gasteiger partial charge in [-0.3, -0.25) is 9.40 Å². The summed E-state index contributed by atoms with van der Waals surface area (Å²) in [6.45, 7) is 2.00. The van der Waals surface area contributed by atoms with Gasteiger partial charge in [0.25, 0.3) is 0 Å². The first-order valence-electron chi connectivity index (χ1n) is 6.75. The molecule has 118 valence electrons. The molecule has 0 aliphatic carbocycles. The first kappa shape index (κ1) is 16.1. The van der Waals surface area contributed by atoms with Crippen LogP contribution < -0.4 is 4.72 Å². The molecule has 1 N–H and O–H groups in total. The Hall–Kier alpha value is -1.76. The van der Waals surface area contributed by atoms with Crippen molar-refractivity contribution in [3.63, 3.8) is 0 Å². The summed E-state index contributed by atoms with van der Waals surface area (Å²) in [5.41, 5.74) is 2.60. The van der Waals surface area contributed by atoms with E-state index in [0.717, 1.165) is 16.0 Å². The van der Waals surface area contributed by atoms with E-state index in [2.05, 4.69) is 19.8 Å². The molecule has 0 spiro atoms. The van der Waals surface area contributed by atoms with E-state index in [-0.39, 0.29) is 5.15 Å². The van der Waals surface area contributed by atoms with Gasteiger partial charge in [0.2, 0.25) is 5.95 Å². The van der Waals surface area contributed by atoms with Crippen molar-refractivity contribution in [1.82, 2.24) is 19.7 Å². The lowest BCUT2D eigenvalue weighted by atomic mass is 10.1. The minimum Gasteiger partial charge on any atom is -0.294 e. The molecule has 0 bridgehead atoms. The molecule has 3 aromatic rings. The van der Waals surface area contributed by atoms with Gasteiger partial charge in [-0.1, -0.05) is 47.5 Å². The summed E-state index contributed by atoms with van der Waals surface area (Å²) in [5.74, 6) is 0.395. The number of halogens is 2. The summed E-state index contributed by atoms with van der Waals surface area (Å²) in [6, 6.07) is 7.86. The molecule has 0 amide bonds. The van der Waals surface area contributed by atoms with E-state index in [9.17, 15) is 0 Å². The van der Waals surface area contributed by atoms with E-state index in [1.165, 1.54) is 11.9 Å². The Kier molecular flexibility index (Phi) is 4.75. The Morgan fingerprint density at radius 2 is 1.96 bits per heavy atom. The highest BCUT2D eigenvalue weighted by Gasteiger charge is 2.15. The molecule has 23 heavy (non-hydrogen) atoms. The number of hydrogen-bond acceptors (Lipinski definition) is 5. The molecule has 8 heteroatoms. The molecular weight excluding hydrogens is 353 g/mol. The Bertz CT molecular complexity index is 850. The number of aromatic nitrogens is 4. The Balaban J connectivity index is 1.92. The maximum atomic E-state index is 6.29. The lowest BCUT2D eigenvalue weighted by molar-refractivity contribution is 0.766. The fraction of sp³-hybridized carbons (Fsp3) is 0.133. The van der Waals surface area contributed by atoms with Crippen LogP contribution in [0.25, 0.3) is 11.3 Å². The van der Waals surface area contributed by atoms with Gasteiger partial charge < -0.3 is 0 Å². The molecule has 3 rings (SSSR count). The number of aryl methyl sites for hydroxylation is 2. The van der Waals surface area contributed by atoms with E-state index >= 15 is 0 Å². The molecule has 0 atom stereocenters. The number of nitrogens with zero attached hydrogens (tertiary/aromatic N) is 4. The van der Waals surface area contributed by atoms with Gasteiger partial charge in [-0.05, 0) is 24.4 Å². The average Bonchev–Trinajstić information content (AvgIpc) is 2.95. The van der Waals surface area contributed by atoms with E-state index in [1.807, 2.05) is 44.4 Å². The molecule has 0 aliphatic heterocycles. The maximum absolute atomic E-state index is 6.29. The van der Waals surface area contributed by atoms with Gasteiger partial charge in [0.15, 0.2) is 5.15 Å². The topological polar surface area (TPSA) is 55.6 Å². The first-order chi connectivity index (χ1) is 11.0. The molecule has 0 saturated heterocycles. The number of benzene rings is 1. The van der Waals surface area contributed by atoms with Crippen molar-refractivity contribution in [3.05, 3.63) is 52.4 Å². The lowest BCUT2D eigenvalue weighted by Gasteiger charge is -2.10. The van der Waals surface area contributed by atoms with E-state index < -0.39 is 0 Å². The molecule has 2 aromatic heterocycles. The van der Waals surface area contributed by atoms with Crippen molar-refractivity contribution in [3.8, 4) is 11.3 Å². The standard InChI is InChI=1S/C15H13Cl2N5S/c1-9-5-3-4-6-11(9)13-12(16)14(17)20-15(19-13)21-23-10-7-18-22(2)8-10/h3-8H,1-2H3,(H,19,20,21). The van der Waals surface area contributed by atoms with Crippen LogP contribution >= 0.6 is 35.1 Å². The van der Waals surface area contributed by atoms with Gasteiger partial charge in [-0.25, -0.2) is 4.98 Å². The lowest BCUT2D eigenvalue weighted by Crippen LogP contribution is -1.99. The van der Waals surface area contributed by atoms with Gasteiger partial charge >= 0.3 is 0 Å². The largest absolute Gasteiger partial charge is 0.294 e. The highest BCUT2D eigenvalue weighted by Crippen LogP contribution is 2.34. The summed E-state index contributed by atoms with van der Waals surface area (Å²) in [4.78, 5) is 9.62. The Morgan fingerprint density at radius 3 is 2.65 bits per heavy atom. The minimum absolute atomic E-state index is 0.217. The van der Waals surface area contributed by atoms with Crippen molar-refractivity contribution in [2.24, 2.45) is 7.05 Å². The predicted molar refractivity (Wildman–Crippen MR) is 94.9 cm³/mol. The third kappa shape index (κ3) is 3.60. The summed E-state index contributed by atoms with van der Waals surface area (Å²) in [5, 5.41) is 4.67. The van der Waals surface area contributed by atoms with Gasteiger partial charge in [0.05, 0.1) is 16.8 Å². The van der Waals surface area contributed by atoms with E-state index in [4.69, 9.17) is 23.2 Å². The summed E-state index contributed by atoms with van der Waals surface area (Å²) in [7, 11) is 1.86. The van der Waals surface area contributed by atoms with Crippen molar-refractivity contribution in [2.45, 2.75) is 11.8 Å². The van der Waals surface area contributed by atoms with Crippen molar-refractivity contribution in [1.29, 1.82) is 0 Å². The molecule has 0 fully saturated rings. The molecule has 0 saturated carbocycles. The predicted octanol–water partition coefficient (Wildman–Crippen LogP) is 4.61. The fourth-order valence-corrected chi connectivity index (χ4v) is 3.00. The van der Waals surface area contributed by atoms with E-state index in [0.29, 0.717) is 16.7 Å². The highest BCUT2D eigenvalue weighted by atomic mass is 35.5. The molecule has 0 aliphatic rings. The third-order valence-electron chi connectivity index (χ3n) is 3.15. The maximum Gasteiger partial charge on any atom is 0.235 e. The molecule has 1 aromatic carbocycles. The van der Waals surface area contributed by atoms with Crippen LogP contribution in [0.1, 0.15) is 5.56 Å². The van der Waals surface area contributed by atoms with Crippen molar-refractivity contribution in [2.75, 3.05) is 4.72 Å². The van der Waals surface area contributed by atoms with Gasteiger partial charge in [0, 0.05) is 18.8 Å². The molecule has 0 unspecified atom stereocenters. The van der Waals surface area contributed by atoms with Crippen LogP contribution in [-0.4, -0.2) is 19.7 Å². The second kappa shape index (κ2) is 6.78. The number of rotatable bonds is 4. The monoisotopic (exact) mass is 365 g/mol. The minimum atomic E-state index is 0.217. The quantitative estimate of drug-likeness (QED) is 0.540. The van der Waals surface area contributed by atoms with Crippen LogP contribution in [0.5, 0.6) is 0 Å². The normalized spacial score (nSPS) is 10.8. The average molecular weight is 366 g/mol. The van der Waals surface area contributed by atoms with Crippen LogP contribution in [0.15, 0.2) is 41.6 Å². The zero-order valence-corrected chi connectivity index (χ0v) is 14.7. The molecule has 2 heterocycles. The van der Waals surface area contributed by atoms with E-state index in [1.54, 1.807) is 10.9 Å². The smallest absolute Gasteiger partial charge is 0.235 e. The third-order valence-corrected chi connectivity index (χ3v) is 4.61.